The van der Waals surface area contributed by atoms with E-state index in [4.69, 9.17) is 22.3 Å². The fourth-order valence-corrected chi connectivity index (χ4v) is 1.56. The second-order valence-electron chi connectivity index (χ2n) is 3.41. The molecule has 1 atom stereocenters. The van der Waals surface area contributed by atoms with Crippen molar-refractivity contribution in [3.63, 3.8) is 0 Å². The lowest BCUT2D eigenvalue weighted by Gasteiger charge is -2.28. The molecule has 0 bridgehead atoms. The minimum atomic E-state index is -0.724. The second kappa shape index (κ2) is 4.13. The molecule has 0 aromatic heterocycles. The highest BCUT2D eigenvalue weighted by atomic mass is 35.5. The lowest BCUT2D eigenvalue weighted by Crippen LogP contribution is -2.30. The summed E-state index contributed by atoms with van der Waals surface area (Å²) in [6, 6.07) is 7.43. The molecule has 1 aromatic rings. The van der Waals surface area contributed by atoms with Gasteiger partial charge in [0.25, 0.3) is 0 Å². The average Bonchev–Trinajstić information content (AvgIpc) is 2.17. The summed E-state index contributed by atoms with van der Waals surface area (Å²) >= 11 is 6.05. The Hall–Kier alpha value is -0.830. The highest BCUT2D eigenvalue weighted by Crippen LogP contribution is 2.34. The lowest BCUT2D eigenvalue weighted by molar-refractivity contribution is -0.00845. The van der Waals surface area contributed by atoms with Crippen molar-refractivity contribution in [1.29, 1.82) is 0 Å². The Morgan fingerprint density at radius 2 is 2.07 bits per heavy atom. The summed E-state index contributed by atoms with van der Waals surface area (Å²) in [7, 11) is 0. The maximum Gasteiger partial charge on any atom is 0.133 e. The molecule has 1 aromatic carbocycles. The molecule has 0 fully saturated rings. The molecule has 3 heteroatoms. The largest absolute Gasteiger partial charge is 0.289 e. The van der Waals surface area contributed by atoms with Crippen LogP contribution in [0, 0.1) is 0 Å². The van der Waals surface area contributed by atoms with Gasteiger partial charge in [-0.15, -0.1) is 0 Å². The van der Waals surface area contributed by atoms with Crippen molar-refractivity contribution in [2.75, 3.05) is 0 Å². The summed E-state index contributed by atoms with van der Waals surface area (Å²) in [4.78, 5) is 4.98. The van der Waals surface area contributed by atoms with Crippen molar-refractivity contribution in [2.24, 2.45) is 5.90 Å². The van der Waals surface area contributed by atoms with Crippen molar-refractivity contribution in [1.82, 2.24) is 0 Å². The number of hydrogen-bond acceptors (Lipinski definition) is 2. The molecule has 0 amide bonds. The molecule has 2 nitrogen and oxygen atoms in total. The Morgan fingerprint density at radius 3 is 2.50 bits per heavy atom. The highest BCUT2D eigenvalue weighted by Gasteiger charge is 2.30. The van der Waals surface area contributed by atoms with Crippen molar-refractivity contribution in [3.05, 3.63) is 47.0 Å². The fraction of sp³-hybridized carbons (Fsp3) is 0.273. The van der Waals surface area contributed by atoms with E-state index in [1.54, 1.807) is 6.07 Å². The van der Waals surface area contributed by atoms with Crippen LogP contribution in [0.3, 0.4) is 0 Å². The third kappa shape index (κ3) is 1.82. The summed E-state index contributed by atoms with van der Waals surface area (Å²) in [5.41, 5.74) is 0.919. The smallest absolute Gasteiger partial charge is 0.133 e. The Kier molecular flexibility index (Phi) is 3.32. The third-order valence-electron chi connectivity index (χ3n) is 2.44. The molecule has 0 aliphatic heterocycles. The van der Waals surface area contributed by atoms with Gasteiger partial charge in [0.1, 0.15) is 5.60 Å². The predicted octanol–water partition coefficient (Wildman–Crippen LogP) is 3.02. The maximum atomic E-state index is 6.05. The molecule has 0 aliphatic rings. The van der Waals surface area contributed by atoms with Crippen LogP contribution in [0.5, 0.6) is 0 Å². The van der Waals surface area contributed by atoms with Gasteiger partial charge in [-0.25, -0.2) is 5.90 Å². The van der Waals surface area contributed by atoms with Crippen LogP contribution in [0.25, 0.3) is 0 Å². The van der Waals surface area contributed by atoms with Gasteiger partial charge >= 0.3 is 0 Å². The number of hydrogen-bond donors (Lipinski definition) is 1. The predicted molar refractivity (Wildman–Crippen MR) is 58.9 cm³/mol. The molecule has 0 radical (unpaired) electrons. The molecule has 0 spiro atoms. The van der Waals surface area contributed by atoms with Gasteiger partial charge in [-0.1, -0.05) is 36.4 Å². The van der Waals surface area contributed by atoms with Gasteiger partial charge in [0.15, 0.2) is 0 Å². The molecular formula is C11H14ClNO. The average molecular weight is 212 g/mol. The van der Waals surface area contributed by atoms with Gasteiger partial charge in [0.2, 0.25) is 0 Å². The van der Waals surface area contributed by atoms with Gasteiger partial charge in [-0.05, 0) is 25.5 Å². The third-order valence-corrected chi connectivity index (χ3v) is 2.77. The lowest BCUT2D eigenvalue weighted by atomic mass is 9.90. The quantitative estimate of drug-likeness (QED) is 0.616. The van der Waals surface area contributed by atoms with E-state index < -0.39 is 5.60 Å². The van der Waals surface area contributed by atoms with E-state index in [1.807, 2.05) is 32.0 Å². The first-order valence-electron chi connectivity index (χ1n) is 4.31. The van der Waals surface area contributed by atoms with Gasteiger partial charge in [-0.2, -0.15) is 0 Å². The van der Waals surface area contributed by atoms with E-state index in [0.29, 0.717) is 5.02 Å². The van der Waals surface area contributed by atoms with Crippen LogP contribution in [-0.4, -0.2) is 0 Å². The molecule has 0 aliphatic carbocycles. The summed E-state index contributed by atoms with van der Waals surface area (Å²) < 4.78 is 0. The number of halogens is 1. The summed E-state index contributed by atoms with van der Waals surface area (Å²) in [6.45, 7) is 7.55. The van der Waals surface area contributed by atoms with E-state index in [0.717, 1.165) is 11.1 Å². The SMILES string of the molecule is C=C(C)C(C)(ON)c1ccccc1Cl. The first-order chi connectivity index (χ1) is 6.52. The molecule has 1 unspecified atom stereocenters. The number of benzene rings is 1. The van der Waals surface area contributed by atoms with Gasteiger partial charge in [0.05, 0.1) is 0 Å². The van der Waals surface area contributed by atoms with Gasteiger partial charge in [-0.3, -0.25) is 4.84 Å². The second-order valence-corrected chi connectivity index (χ2v) is 3.82. The van der Waals surface area contributed by atoms with Gasteiger partial charge < -0.3 is 0 Å². The molecule has 2 N–H and O–H groups in total. The maximum absolute atomic E-state index is 6.05. The van der Waals surface area contributed by atoms with Crippen LogP contribution in [0.1, 0.15) is 19.4 Å². The zero-order valence-electron chi connectivity index (χ0n) is 8.38. The zero-order valence-corrected chi connectivity index (χ0v) is 9.14. The van der Waals surface area contributed by atoms with Crippen LogP contribution in [0.4, 0.5) is 0 Å². The summed E-state index contributed by atoms with van der Waals surface area (Å²) in [6.07, 6.45) is 0. The minimum absolute atomic E-state index is 0.628. The number of rotatable bonds is 3. The van der Waals surface area contributed by atoms with E-state index >= 15 is 0 Å². The molecular weight excluding hydrogens is 198 g/mol. The topological polar surface area (TPSA) is 35.2 Å². The van der Waals surface area contributed by atoms with Crippen LogP contribution < -0.4 is 5.90 Å². The monoisotopic (exact) mass is 211 g/mol. The van der Waals surface area contributed by atoms with Crippen LogP contribution in [-0.2, 0) is 10.4 Å². The molecule has 0 saturated heterocycles. The van der Waals surface area contributed by atoms with Crippen LogP contribution in [0.15, 0.2) is 36.4 Å². The van der Waals surface area contributed by atoms with E-state index in [-0.39, 0.29) is 0 Å². The highest BCUT2D eigenvalue weighted by molar-refractivity contribution is 6.31. The van der Waals surface area contributed by atoms with Crippen LogP contribution in [0.2, 0.25) is 5.02 Å². The molecule has 76 valence electrons. The first-order valence-corrected chi connectivity index (χ1v) is 4.69. The van der Waals surface area contributed by atoms with Crippen molar-refractivity contribution >= 4 is 11.6 Å². The van der Waals surface area contributed by atoms with Crippen molar-refractivity contribution in [2.45, 2.75) is 19.4 Å². The Balaban J connectivity index is 3.26. The molecule has 1 rings (SSSR count). The first kappa shape index (κ1) is 11.2. The van der Waals surface area contributed by atoms with Crippen molar-refractivity contribution < 1.29 is 4.84 Å². The summed E-state index contributed by atoms with van der Waals surface area (Å²) in [5.74, 6) is 5.29. The molecule has 14 heavy (non-hydrogen) atoms. The standard InChI is InChI=1S/C11H14ClNO/c1-8(2)11(3,14-13)9-6-4-5-7-10(9)12/h4-7H,1,13H2,2-3H3. The molecule has 0 heterocycles. The summed E-state index contributed by atoms with van der Waals surface area (Å²) in [5, 5.41) is 0.628. The van der Waals surface area contributed by atoms with Crippen LogP contribution >= 0.6 is 11.6 Å². The van der Waals surface area contributed by atoms with E-state index in [1.165, 1.54) is 0 Å². The fourth-order valence-electron chi connectivity index (χ4n) is 1.24. The number of nitrogens with two attached hydrogens (primary N) is 1. The zero-order chi connectivity index (χ0) is 10.8. The Bertz CT molecular complexity index is 351. The van der Waals surface area contributed by atoms with E-state index in [2.05, 4.69) is 6.58 Å². The van der Waals surface area contributed by atoms with E-state index in [9.17, 15) is 0 Å². The minimum Gasteiger partial charge on any atom is -0.289 e. The van der Waals surface area contributed by atoms with Gasteiger partial charge in [0, 0.05) is 10.6 Å². The van der Waals surface area contributed by atoms with Crippen molar-refractivity contribution in [3.8, 4) is 0 Å². The Morgan fingerprint density at radius 1 is 1.50 bits per heavy atom. The normalized spacial score (nSPS) is 14.9. The Labute approximate surface area is 89.3 Å². The molecule has 0 saturated carbocycles.